The molecule has 0 aliphatic carbocycles. The molecule has 492 valence electrons. The van der Waals surface area contributed by atoms with Crippen molar-refractivity contribution in [2.75, 3.05) is 0 Å². The van der Waals surface area contributed by atoms with E-state index in [0.29, 0.717) is 0 Å². The third-order valence-corrected chi connectivity index (χ3v) is 16.9. The third-order valence-electron chi connectivity index (χ3n) is 16.9. The van der Waals surface area contributed by atoms with Crippen LogP contribution in [0.4, 0.5) is 0 Å². The van der Waals surface area contributed by atoms with Crippen molar-refractivity contribution in [3.8, 4) is 100 Å². The maximum Gasteiger partial charge on any atom is 0.115 e. The van der Waals surface area contributed by atoms with Crippen molar-refractivity contribution in [1.29, 1.82) is 0 Å². The molecule has 15 rings (SSSR count). The largest absolute Gasteiger partial charge is 0.265 e. The van der Waals surface area contributed by atoms with E-state index in [2.05, 4.69) is 303 Å². The first-order valence-electron chi connectivity index (χ1n) is 33.6. The summed E-state index contributed by atoms with van der Waals surface area (Å²) in [4.78, 5) is 32.7. The summed E-state index contributed by atoms with van der Waals surface area (Å²) in [5.74, 6) is 0. The van der Waals surface area contributed by atoms with Crippen molar-refractivity contribution in [2.24, 2.45) is 0 Å². The first kappa shape index (κ1) is 70.5. The van der Waals surface area contributed by atoms with Gasteiger partial charge in [0.15, 0.2) is 0 Å². The van der Waals surface area contributed by atoms with Gasteiger partial charge >= 0.3 is 0 Å². The number of pyridine rings is 4. The van der Waals surface area contributed by atoms with Crippen molar-refractivity contribution in [3.63, 3.8) is 0 Å². The lowest BCUT2D eigenvalue weighted by Crippen LogP contribution is -1.89. The third kappa shape index (κ3) is 20.4. The molecule has 0 atom stereocenters. The molecule has 0 radical (unpaired) electrons. The van der Waals surface area contributed by atoms with Crippen LogP contribution in [0.1, 0.15) is 55.6 Å². The molecule has 6 heterocycles. The van der Waals surface area contributed by atoms with E-state index >= 15 is 0 Å². The van der Waals surface area contributed by atoms with Crippen molar-refractivity contribution in [2.45, 2.75) is 69.2 Å². The molecule has 15 aromatic rings. The van der Waals surface area contributed by atoms with Crippen molar-refractivity contribution < 1.29 is 0 Å². The second-order valence-corrected chi connectivity index (χ2v) is 25.0. The van der Waals surface area contributed by atoms with Gasteiger partial charge in [0.25, 0.3) is 0 Å². The fourth-order valence-electron chi connectivity index (χ4n) is 11.9. The van der Waals surface area contributed by atoms with Gasteiger partial charge in [0.05, 0.1) is 0 Å². The predicted molar refractivity (Wildman–Crippen MR) is 417 cm³/mol. The average molecular weight is 1300 g/mol. The van der Waals surface area contributed by atoms with E-state index in [0.717, 1.165) is 33.4 Å². The number of rotatable bonds is 9. The molecule has 0 saturated heterocycles. The number of aromatic nitrogens is 8. The Labute approximate surface area is 591 Å². The Morgan fingerprint density at radius 1 is 0.170 bits per heavy atom. The zero-order valence-corrected chi connectivity index (χ0v) is 58.8. The smallest absolute Gasteiger partial charge is 0.115 e. The van der Waals surface area contributed by atoms with E-state index in [1.165, 1.54) is 135 Å². The monoisotopic (exact) mass is 1300 g/mol. The van der Waals surface area contributed by atoms with Crippen LogP contribution in [0.15, 0.2) is 330 Å². The highest BCUT2D eigenvalue weighted by molar-refractivity contribution is 5.77. The van der Waals surface area contributed by atoms with Gasteiger partial charge in [-0.05, 0) is 246 Å². The SMILES string of the molecule is Cc1cc(-c2cccnc2)cc(-c2cccnc2)c1.Cc1cc(-c2ccncc2)cc(-c2ccncc2)c1.Cc1cc(-c2cncnc2)cc(-c2cncnc2)c1.Cc1cc(C)c(-c2ccccc2)c(C)c1.Cc1ccc(-c2ccccc2)c(C)c1.Cc1ccc(-c2ccccc2)cc1C. The van der Waals surface area contributed by atoms with Gasteiger partial charge in [-0.1, -0.05) is 199 Å². The van der Waals surface area contributed by atoms with Crippen molar-refractivity contribution in [3.05, 3.63) is 385 Å². The van der Waals surface area contributed by atoms with E-state index in [4.69, 9.17) is 0 Å². The summed E-state index contributed by atoms with van der Waals surface area (Å²) in [7, 11) is 0. The summed E-state index contributed by atoms with van der Waals surface area (Å²) in [5.41, 5.74) is 34.7. The van der Waals surface area contributed by atoms with Crippen LogP contribution >= 0.6 is 0 Å². The summed E-state index contributed by atoms with van der Waals surface area (Å²) in [5, 5.41) is 0. The molecule has 0 fully saturated rings. The molecule has 8 nitrogen and oxygen atoms in total. The lowest BCUT2D eigenvalue weighted by molar-refractivity contribution is 1.17. The van der Waals surface area contributed by atoms with Crippen LogP contribution in [0.5, 0.6) is 0 Å². The topological polar surface area (TPSA) is 103 Å². The van der Waals surface area contributed by atoms with Gasteiger partial charge in [0.2, 0.25) is 0 Å². The summed E-state index contributed by atoms with van der Waals surface area (Å²) < 4.78 is 0. The fraction of sp³-hybridized carbons (Fsp3) is 0.109. The van der Waals surface area contributed by atoms with Crippen LogP contribution in [0.2, 0.25) is 0 Å². The second kappa shape index (κ2) is 35.7. The first-order chi connectivity index (χ1) is 48.7. The number of nitrogens with zero attached hydrogens (tertiary/aromatic N) is 8. The first-order valence-corrected chi connectivity index (χ1v) is 33.6. The number of benzene rings is 9. The van der Waals surface area contributed by atoms with E-state index < -0.39 is 0 Å². The molecular formula is C92H84N8. The van der Waals surface area contributed by atoms with Crippen LogP contribution in [-0.4, -0.2) is 39.9 Å². The summed E-state index contributed by atoms with van der Waals surface area (Å²) >= 11 is 0. The molecule has 0 saturated carbocycles. The van der Waals surface area contributed by atoms with Crippen LogP contribution in [-0.2, 0) is 0 Å². The highest BCUT2D eigenvalue weighted by Crippen LogP contribution is 2.32. The maximum atomic E-state index is 4.18. The molecule has 8 heteroatoms. The van der Waals surface area contributed by atoms with Gasteiger partial charge in [0, 0.05) is 96.6 Å². The Balaban J connectivity index is 0.000000130. The van der Waals surface area contributed by atoms with E-state index in [1.807, 2.05) is 110 Å². The molecule has 9 aromatic carbocycles. The number of hydrogen-bond donors (Lipinski definition) is 0. The minimum atomic E-state index is 1.00. The van der Waals surface area contributed by atoms with Crippen LogP contribution < -0.4 is 0 Å². The molecule has 0 aliphatic rings. The Kier molecular flexibility index (Phi) is 25.1. The van der Waals surface area contributed by atoms with Gasteiger partial charge in [-0.3, -0.25) is 19.9 Å². The standard InChI is InChI=1S/2C17H14N2.C15H12N4.C15H16.2C14H14/c1-13-10-16(14-2-6-18-7-3-14)12-17(11-13)15-4-8-19-9-5-15;1-13-8-16(14-4-2-6-18-11-14)10-17(9-13)15-5-3-7-19-12-15;1-11-2-12(14-5-16-9-17-6-14)4-13(3-11)15-7-18-10-19-8-15;1-11-9-12(2)15(13(3)10-11)14-7-5-4-6-8-14;1-11-8-9-14(10-12(11)2)13-6-4-3-5-7-13;1-11-8-9-14(12(2)10-11)13-6-4-3-5-7-13/h2*2-12H,1H3;2-10H,1H3;4-10H,1-3H3;2*3-10H,1-2H3. The van der Waals surface area contributed by atoms with E-state index in [1.54, 1.807) is 12.4 Å². The molecule has 6 aromatic heterocycles. The molecule has 0 unspecified atom stereocenters. The molecule has 0 aliphatic heterocycles. The van der Waals surface area contributed by atoms with Crippen LogP contribution in [0.25, 0.3) is 100 Å². The highest BCUT2D eigenvalue weighted by atomic mass is 14.8. The quantitative estimate of drug-likeness (QED) is 0.141. The van der Waals surface area contributed by atoms with E-state index in [-0.39, 0.29) is 0 Å². The molecule has 0 bridgehead atoms. The molecule has 100 heavy (non-hydrogen) atoms. The van der Waals surface area contributed by atoms with Gasteiger partial charge < -0.3 is 0 Å². The Morgan fingerprint density at radius 3 is 0.920 bits per heavy atom. The summed E-state index contributed by atoms with van der Waals surface area (Å²) in [6.07, 6.45) is 25.0. The number of hydrogen-bond acceptors (Lipinski definition) is 8. The summed E-state index contributed by atoms with van der Waals surface area (Å²) in [6.45, 7) is 21.4. The van der Waals surface area contributed by atoms with Crippen molar-refractivity contribution >= 4 is 0 Å². The second-order valence-electron chi connectivity index (χ2n) is 25.0. The fourth-order valence-corrected chi connectivity index (χ4v) is 11.9. The lowest BCUT2D eigenvalue weighted by atomic mass is 9.94. The van der Waals surface area contributed by atoms with Gasteiger partial charge in [0.1, 0.15) is 12.7 Å². The predicted octanol–water partition coefficient (Wildman–Crippen LogP) is 23.4. The molecular weight excluding hydrogens is 1220 g/mol. The molecule has 0 N–H and O–H groups in total. The van der Waals surface area contributed by atoms with E-state index in [9.17, 15) is 0 Å². The zero-order valence-electron chi connectivity index (χ0n) is 58.8. The molecule has 0 spiro atoms. The summed E-state index contributed by atoms with van der Waals surface area (Å²) in [6, 6.07) is 84.9. The Morgan fingerprint density at radius 2 is 0.520 bits per heavy atom. The Bertz CT molecular complexity index is 4510. The normalized spacial score (nSPS) is 10.3. The maximum absolute atomic E-state index is 4.18. The van der Waals surface area contributed by atoms with Gasteiger partial charge in [-0.25, -0.2) is 19.9 Å². The zero-order chi connectivity index (χ0) is 70.0. The van der Waals surface area contributed by atoms with Crippen LogP contribution in [0, 0.1) is 69.2 Å². The number of aryl methyl sites for hydroxylation is 10. The Hall–Kier alpha value is -12.3. The minimum absolute atomic E-state index is 1.00. The molecule has 0 amide bonds. The van der Waals surface area contributed by atoms with Gasteiger partial charge in [-0.2, -0.15) is 0 Å². The lowest BCUT2D eigenvalue weighted by Gasteiger charge is -2.11. The minimum Gasteiger partial charge on any atom is -0.265 e. The average Bonchev–Trinajstić information content (AvgIpc) is 0.877. The highest BCUT2D eigenvalue weighted by Gasteiger charge is 2.09. The van der Waals surface area contributed by atoms with Gasteiger partial charge in [-0.15, -0.1) is 0 Å². The van der Waals surface area contributed by atoms with Crippen molar-refractivity contribution in [1.82, 2.24) is 39.9 Å². The van der Waals surface area contributed by atoms with Crippen LogP contribution in [0.3, 0.4) is 0 Å².